The zero-order chi connectivity index (χ0) is 13.8. The van der Waals surface area contributed by atoms with Gasteiger partial charge in [-0.05, 0) is 38.7 Å². The number of aryl methyl sites for hydroxylation is 2. The minimum Gasteiger partial charge on any atom is -0.393 e. The van der Waals surface area contributed by atoms with E-state index in [1.165, 1.54) is 16.7 Å². The van der Waals surface area contributed by atoms with E-state index in [4.69, 9.17) is 5.11 Å². The Hall–Kier alpha value is -1.55. The summed E-state index contributed by atoms with van der Waals surface area (Å²) in [7, 11) is 0. The normalized spacial score (nSPS) is 21.6. The van der Waals surface area contributed by atoms with Crippen molar-refractivity contribution in [1.82, 2.24) is 10.6 Å². The molecule has 104 valence electrons. The molecular weight excluding hydrogens is 240 g/mol. The summed E-state index contributed by atoms with van der Waals surface area (Å²) in [6.45, 7) is 4.79. The molecule has 1 aliphatic rings. The van der Waals surface area contributed by atoms with Crippen LogP contribution in [0.1, 0.15) is 29.5 Å². The lowest BCUT2D eigenvalue weighted by Crippen LogP contribution is -2.50. The first-order chi connectivity index (χ1) is 9.02. The van der Waals surface area contributed by atoms with Gasteiger partial charge in [0.2, 0.25) is 0 Å². The van der Waals surface area contributed by atoms with Crippen molar-refractivity contribution in [1.29, 1.82) is 0 Å². The number of urea groups is 1. The SMILES string of the molecule is Cc1cc(C)cc(CCNC(=O)NC2CC(O)C2)c1. The molecule has 0 bridgehead atoms. The molecule has 1 aromatic rings. The molecular formula is C15H22N2O2. The highest BCUT2D eigenvalue weighted by Crippen LogP contribution is 2.18. The molecule has 0 unspecified atom stereocenters. The maximum Gasteiger partial charge on any atom is 0.315 e. The van der Waals surface area contributed by atoms with E-state index in [1.54, 1.807) is 0 Å². The van der Waals surface area contributed by atoms with Gasteiger partial charge in [-0.3, -0.25) is 0 Å². The lowest BCUT2D eigenvalue weighted by Gasteiger charge is -2.31. The standard InChI is InChI=1S/C15H22N2O2/c1-10-5-11(2)7-12(6-10)3-4-16-15(19)17-13-8-14(18)9-13/h5-7,13-14,18H,3-4,8-9H2,1-2H3,(H2,16,17,19). The van der Waals surface area contributed by atoms with Gasteiger partial charge >= 0.3 is 6.03 Å². The van der Waals surface area contributed by atoms with Crippen molar-refractivity contribution in [2.75, 3.05) is 6.54 Å². The fraction of sp³-hybridized carbons (Fsp3) is 0.533. The van der Waals surface area contributed by atoms with Gasteiger partial charge in [-0.25, -0.2) is 4.79 Å². The molecule has 2 rings (SSSR count). The first-order valence-electron chi connectivity index (χ1n) is 6.82. The third-order valence-electron chi connectivity index (χ3n) is 3.43. The van der Waals surface area contributed by atoms with Crippen LogP contribution in [0.2, 0.25) is 0 Å². The first kappa shape index (κ1) is 13.9. The summed E-state index contributed by atoms with van der Waals surface area (Å²) in [5, 5.41) is 14.8. The first-order valence-corrected chi connectivity index (χ1v) is 6.82. The molecule has 0 spiro atoms. The highest BCUT2D eigenvalue weighted by molar-refractivity contribution is 5.74. The summed E-state index contributed by atoms with van der Waals surface area (Å²) in [6.07, 6.45) is 1.94. The Kier molecular flexibility index (Phi) is 4.43. The van der Waals surface area contributed by atoms with Crippen LogP contribution in [0.15, 0.2) is 18.2 Å². The molecule has 4 nitrogen and oxygen atoms in total. The molecule has 0 heterocycles. The Morgan fingerprint density at radius 2 is 1.89 bits per heavy atom. The number of nitrogens with one attached hydrogen (secondary N) is 2. The summed E-state index contributed by atoms with van der Waals surface area (Å²) in [5.41, 5.74) is 3.75. The number of hydrogen-bond acceptors (Lipinski definition) is 2. The summed E-state index contributed by atoms with van der Waals surface area (Å²) in [5.74, 6) is 0. The highest BCUT2D eigenvalue weighted by atomic mass is 16.3. The topological polar surface area (TPSA) is 61.4 Å². The lowest BCUT2D eigenvalue weighted by atomic mass is 9.90. The van der Waals surface area contributed by atoms with Crippen LogP contribution in [0.25, 0.3) is 0 Å². The lowest BCUT2D eigenvalue weighted by molar-refractivity contribution is 0.0663. The number of aliphatic hydroxyl groups excluding tert-OH is 1. The van der Waals surface area contributed by atoms with Crippen LogP contribution in [-0.4, -0.2) is 29.8 Å². The second-order valence-corrected chi connectivity index (χ2v) is 5.47. The number of aliphatic hydroxyl groups is 1. The van der Waals surface area contributed by atoms with Crippen molar-refractivity contribution in [3.05, 3.63) is 34.9 Å². The summed E-state index contributed by atoms with van der Waals surface area (Å²) >= 11 is 0. The van der Waals surface area contributed by atoms with Crippen LogP contribution < -0.4 is 10.6 Å². The molecule has 0 aliphatic heterocycles. The maximum absolute atomic E-state index is 11.6. The fourth-order valence-electron chi connectivity index (χ4n) is 2.48. The molecule has 0 atom stereocenters. The van der Waals surface area contributed by atoms with Crippen molar-refractivity contribution < 1.29 is 9.90 Å². The van der Waals surface area contributed by atoms with Crippen molar-refractivity contribution in [2.45, 2.75) is 45.3 Å². The predicted octanol–water partition coefficient (Wildman–Crippen LogP) is 1.67. The van der Waals surface area contributed by atoms with Gasteiger partial charge in [0.05, 0.1) is 6.10 Å². The van der Waals surface area contributed by atoms with E-state index in [1.807, 2.05) is 0 Å². The Morgan fingerprint density at radius 1 is 1.26 bits per heavy atom. The number of benzene rings is 1. The van der Waals surface area contributed by atoms with E-state index in [9.17, 15) is 4.79 Å². The molecule has 3 N–H and O–H groups in total. The fourth-order valence-corrected chi connectivity index (χ4v) is 2.48. The van der Waals surface area contributed by atoms with Gasteiger partial charge < -0.3 is 15.7 Å². The van der Waals surface area contributed by atoms with E-state index in [2.05, 4.69) is 42.7 Å². The molecule has 1 fully saturated rings. The van der Waals surface area contributed by atoms with E-state index in [-0.39, 0.29) is 18.2 Å². The van der Waals surface area contributed by atoms with Gasteiger partial charge in [0.25, 0.3) is 0 Å². The van der Waals surface area contributed by atoms with Gasteiger partial charge in [-0.1, -0.05) is 29.3 Å². The quantitative estimate of drug-likeness (QED) is 0.773. The number of hydrogen-bond donors (Lipinski definition) is 3. The summed E-state index contributed by atoms with van der Waals surface area (Å²) in [6, 6.07) is 6.44. The molecule has 0 saturated heterocycles. The predicted molar refractivity (Wildman–Crippen MR) is 75.2 cm³/mol. The van der Waals surface area contributed by atoms with E-state index >= 15 is 0 Å². The van der Waals surface area contributed by atoms with Crippen molar-refractivity contribution in [3.8, 4) is 0 Å². The monoisotopic (exact) mass is 262 g/mol. The van der Waals surface area contributed by atoms with Gasteiger partial charge in [0.15, 0.2) is 0 Å². The van der Waals surface area contributed by atoms with Crippen molar-refractivity contribution in [3.63, 3.8) is 0 Å². The van der Waals surface area contributed by atoms with Crippen molar-refractivity contribution in [2.24, 2.45) is 0 Å². The molecule has 1 aliphatic carbocycles. The van der Waals surface area contributed by atoms with E-state index in [0.29, 0.717) is 19.4 Å². The van der Waals surface area contributed by atoms with Gasteiger partial charge in [-0.15, -0.1) is 0 Å². The van der Waals surface area contributed by atoms with E-state index < -0.39 is 0 Å². The molecule has 0 radical (unpaired) electrons. The number of amides is 2. The van der Waals surface area contributed by atoms with Crippen LogP contribution in [0.3, 0.4) is 0 Å². The minimum absolute atomic E-state index is 0.135. The molecule has 4 heteroatoms. The number of carbonyl (C=O) groups is 1. The van der Waals surface area contributed by atoms with Gasteiger partial charge in [0, 0.05) is 12.6 Å². The third-order valence-corrected chi connectivity index (χ3v) is 3.43. The Balaban J connectivity index is 1.69. The summed E-state index contributed by atoms with van der Waals surface area (Å²) < 4.78 is 0. The Bertz CT molecular complexity index is 433. The van der Waals surface area contributed by atoms with E-state index in [0.717, 1.165) is 6.42 Å². The zero-order valence-electron chi connectivity index (χ0n) is 11.6. The highest BCUT2D eigenvalue weighted by Gasteiger charge is 2.28. The molecule has 0 aromatic heterocycles. The average molecular weight is 262 g/mol. The smallest absolute Gasteiger partial charge is 0.315 e. The Labute approximate surface area is 114 Å². The minimum atomic E-state index is -0.236. The number of rotatable bonds is 4. The maximum atomic E-state index is 11.6. The molecule has 2 amide bonds. The number of carbonyl (C=O) groups excluding carboxylic acids is 1. The van der Waals surface area contributed by atoms with Crippen molar-refractivity contribution >= 4 is 6.03 Å². The van der Waals surface area contributed by atoms with Crippen LogP contribution in [0.5, 0.6) is 0 Å². The molecule has 19 heavy (non-hydrogen) atoms. The van der Waals surface area contributed by atoms with Gasteiger partial charge in [-0.2, -0.15) is 0 Å². The van der Waals surface area contributed by atoms with Crippen LogP contribution in [-0.2, 0) is 6.42 Å². The molecule has 1 aromatic carbocycles. The second-order valence-electron chi connectivity index (χ2n) is 5.47. The molecule has 1 saturated carbocycles. The average Bonchev–Trinajstić information content (AvgIpc) is 2.25. The largest absolute Gasteiger partial charge is 0.393 e. The zero-order valence-corrected chi connectivity index (χ0v) is 11.6. The van der Waals surface area contributed by atoms with Crippen LogP contribution in [0.4, 0.5) is 4.79 Å². The van der Waals surface area contributed by atoms with Gasteiger partial charge in [0.1, 0.15) is 0 Å². The van der Waals surface area contributed by atoms with Crippen LogP contribution in [0, 0.1) is 13.8 Å². The third kappa shape index (κ3) is 4.24. The Morgan fingerprint density at radius 3 is 2.47 bits per heavy atom. The van der Waals surface area contributed by atoms with Crippen LogP contribution >= 0.6 is 0 Å². The second kappa shape index (κ2) is 6.06. The summed E-state index contributed by atoms with van der Waals surface area (Å²) in [4.78, 5) is 11.6.